The summed E-state index contributed by atoms with van der Waals surface area (Å²) < 4.78 is 10.0. The minimum Gasteiger partial charge on any atom is -0.460 e. The average molecular weight is 292 g/mol. The van der Waals surface area contributed by atoms with E-state index in [1.54, 1.807) is 18.3 Å². The van der Waals surface area contributed by atoms with E-state index in [-0.39, 0.29) is 5.82 Å². The first-order valence-electron chi connectivity index (χ1n) is 6.90. The van der Waals surface area contributed by atoms with Crippen molar-refractivity contribution in [2.45, 2.75) is 39.0 Å². The number of carbonyl (C=O) groups excluding carboxylic acids is 1. The number of hydrogen-bond acceptors (Lipinski definition) is 6. The smallest absolute Gasteiger partial charge is 0.379 e. The van der Waals surface area contributed by atoms with E-state index in [1.807, 2.05) is 0 Å². The van der Waals surface area contributed by atoms with Crippen LogP contribution in [0.2, 0.25) is 0 Å². The highest BCUT2D eigenvalue weighted by Crippen LogP contribution is 2.34. The molecule has 1 aliphatic rings. The van der Waals surface area contributed by atoms with E-state index < -0.39 is 5.97 Å². The third-order valence-corrected chi connectivity index (χ3v) is 4.57. The summed E-state index contributed by atoms with van der Waals surface area (Å²) in [5, 5.41) is 3.68. The number of nitrogens with zero attached hydrogens (tertiary/aromatic N) is 2. The van der Waals surface area contributed by atoms with E-state index in [2.05, 4.69) is 16.2 Å². The highest BCUT2D eigenvalue weighted by atomic mass is 32.1. The van der Waals surface area contributed by atoms with Crippen LogP contribution in [-0.4, -0.2) is 22.7 Å². The Labute approximate surface area is 121 Å². The van der Waals surface area contributed by atoms with E-state index in [9.17, 15) is 4.79 Å². The predicted octanol–water partition coefficient (Wildman–Crippen LogP) is 3.24. The van der Waals surface area contributed by atoms with E-state index in [0.717, 1.165) is 17.7 Å². The van der Waals surface area contributed by atoms with Crippen molar-refractivity contribution in [3.63, 3.8) is 0 Å². The molecule has 0 saturated heterocycles. The largest absolute Gasteiger partial charge is 0.460 e. The number of ether oxygens (including phenoxy) is 1. The van der Waals surface area contributed by atoms with Crippen LogP contribution in [0.4, 0.5) is 0 Å². The number of aromatic nitrogens is 2. The maximum absolute atomic E-state index is 11.5. The molecule has 106 valence electrons. The molecule has 3 rings (SSSR count). The Kier molecular flexibility index (Phi) is 3.82. The van der Waals surface area contributed by atoms with Gasteiger partial charge < -0.3 is 9.26 Å². The first-order chi connectivity index (χ1) is 9.78. The summed E-state index contributed by atoms with van der Waals surface area (Å²) in [5.41, 5.74) is 1.39. The third-order valence-electron chi connectivity index (χ3n) is 3.34. The van der Waals surface area contributed by atoms with Gasteiger partial charge in [-0.25, -0.2) is 4.79 Å². The number of thiophene rings is 1. The van der Waals surface area contributed by atoms with Crippen molar-refractivity contribution < 1.29 is 14.1 Å². The van der Waals surface area contributed by atoms with Gasteiger partial charge >= 0.3 is 5.97 Å². The Balaban J connectivity index is 1.84. The Morgan fingerprint density at radius 2 is 2.25 bits per heavy atom. The Hall–Kier alpha value is -1.69. The molecule has 0 radical (unpaired) electrons. The fourth-order valence-electron chi connectivity index (χ4n) is 2.37. The van der Waals surface area contributed by atoms with E-state index in [0.29, 0.717) is 12.5 Å². The second-order valence-electron chi connectivity index (χ2n) is 4.76. The van der Waals surface area contributed by atoms with Crippen LogP contribution >= 0.6 is 11.3 Å². The summed E-state index contributed by atoms with van der Waals surface area (Å²) in [4.78, 5) is 18.0. The third kappa shape index (κ3) is 2.60. The highest BCUT2D eigenvalue weighted by molar-refractivity contribution is 7.15. The first kappa shape index (κ1) is 13.3. The van der Waals surface area contributed by atoms with Crippen molar-refractivity contribution in [1.29, 1.82) is 0 Å². The summed E-state index contributed by atoms with van der Waals surface area (Å²) in [6, 6.07) is 2.12. The molecule has 0 amide bonds. The molecule has 0 saturated carbocycles. The Morgan fingerprint density at radius 1 is 1.40 bits per heavy atom. The monoisotopic (exact) mass is 292 g/mol. The quantitative estimate of drug-likeness (QED) is 0.642. The second kappa shape index (κ2) is 5.75. The number of rotatable bonds is 3. The molecule has 6 heteroatoms. The lowest BCUT2D eigenvalue weighted by molar-refractivity contribution is 0.0508. The van der Waals surface area contributed by atoms with Crippen molar-refractivity contribution in [2.24, 2.45) is 0 Å². The number of carbonyl (C=O) groups is 1. The number of esters is 1. The van der Waals surface area contributed by atoms with Crippen molar-refractivity contribution in [1.82, 2.24) is 10.1 Å². The molecule has 0 spiro atoms. The lowest BCUT2D eigenvalue weighted by Crippen LogP contribution is -2.06. The van der Waals surface area contributed by atoms with Crippen molar-refractivity contribution in [3.8, 4) is 10.8 Å². The summed E-state index contributed by atoms with van der Waals surface area (Å²) in [6.07, 6.45) is 6.01. The van der Waals surface area contributed by atoms with Gasteiger partial charge in [0.25, 0.3) is 11.7 Å². The normalized spacial score (nSPS) is 14.7. The fraction of sp³-hybridized carbons (Fsp3) is 0.500. The number of fused-ring (bicyclic) bond motifs is 1. The molecule has 2 heterocycles. The molecule has 0 atom stereocenters. The lowest BCUT2D eigenvalue weighted by Gasteiger charge is -1.93. The molecule has 0 aromatic carbocycles. The molecule has 0 aliphatic heterocycles. The molecule has 0 bridgehead atoms. The van der Waals surface area contributed by atoms with Gasteiger partial charge in [0.2, 0.25) is 0 Å². The van der Waals surface area contributed by atoms with Gasteiger partial charge in [-0.05, 0) is 49.4 Å². The molecule has 0 fully saturated rings. The molecule has 20 heavy (non-hydrogen) atoms. The molecule has 1 aliphatic carbocycles. The van der Waals surface area contributed by atoms with Gasteiger partial charge in [0.15, 0.2) is 0 Å². The van der Waals surface area contributed by atoms with Crippen LogP contribution in [-0.2, 0) is 17.6 Å². The fourth-order valence-corrected chi connectivity index (χ4v) is 3.55. The average Bonchev–Trinajstić information content (AvgIpc) is 3.02. The highest BCUT2D eigenvalue weighted by Gasteiger charge is 2.20. The second-order valence-corrected chi connectivity index (χ2v) is 5.90. The van der Waals surface area contributed by atoms with E-state index >= 15 is 0 Å². The van der Waals surface area contributed by atoms with Gasteiger partial charge in [-0.2, -0.15) is 4.98 Å². The molecular weight excluding hydrogens is 276 g/mol. The summed E-state index contributed by atoms with van der Waals surface area (Å²) in [6.45, 7) is 2.05. The van der Waals surface area contributed by atoms with Crippen LogP contribution < -0.4 is 0 Å². The molecule has 2 aromatic heterocycles. The van der Waals surface area contributed by atoms with Gasteiger partial charge in [-0.3, -0.25) is 0 Å². The van der Waals surface area contributed by atoms with Crippen molar-refractivity contribution >= 4 is 17.3 Å². The van der Waals surface area contributed by atoms with Crippen LogP contribution in [0, 0.1) is 0 Å². The standard InChI is InChI=1S/C14H16N2O3S/c1-2-18-14(17)12-15-13(19-16-12)11-8-9-6-4-3-5-7-10(9)20-11/h8H,2-7H2,1H3. The molecule has 5 nitrogen and oxygen atoms in total. The zero-order chi connectivity index (χ0) is 13.9. The molecule has 2 aromatic rings. The topological polar surface area (TPSA) is 65.2 Å². The zero-order valence-electron chi connectivity index (χ0n) is 11.3. The van der Waals surface area contributed by atoms with E-state index in [4.69, 9.17) is 9.26 Å². The zero-order valence-corrected chi connectivity index (χ0v) is 12.2. The summed E-state index contributed by atoms with van der Waals surface area (Å²) in [7, 11) is 0. The van der Waals surface area contributed by atoms with Gasteiger partial charge in [-0.1, -0.05) is 6.42 Å². The number of aryl methyl sites for hydroxylation is 2. The Bertz CT molecular complexity index is 594. The van der Waals surface area contributed by atoms with Gasteiger partial charge in [0, 0.05) is 4.88 Å². The van der Waals surface area contributed by atoms with E-state index in [1.165, 1.54) is 29.7 Å². The number of hydrogen-bond donors (Lipinski definition) is 0. The maximum Gasteiger partial charge on any atom is 0.379 e. The van der Waals surface area contributed by atoms with Crippen molar-refractivity contribution in [3.05, 3.63) is 22.3 Å². The van der Waals surface area contributed by atoms with Crippen LogP contribution in [0.5, 0.6) is 0 Å². The SMILES string of the molecule is CCOC(=O)c1noc(-c2cc3c(s2)CCCCC3)n1. The van der Waals surface area contributed by atoms with Crippen LogP contribution in [0.25, 0.3) is 10.8 Å². The van der Waals surface area contributed by atoms with Gasteiger partial charge in [-0.15, -0.1) is 11.3 Å². The summed E-state index contributed by atoms with van der Waals surface area (Å²) >= 11 is 1.69. The molecule has 0 unspecified atom stereocenters. The van der Waals surface area contributed by atoms with Crippen molar-refractivity contribution in [2.75, 3.05) is 6.61 Å². The van der Waals surface area contributed by atoms with Gasteiger partial charge in [0.05, 0.1) is 11.5 Å². The first-order valence-corrected chi connectivity index (χ1v) is 7.72. The Morgan fingerprint density at radius 3 is 3.10 bits per heavy atom. The minimum absolute atomic E-state index is 0.00885. The predicted molar refractivity (Wildman–Crippen MR) is 74.8 cm³/mol. The molecular formula is C14H16N2O3S. The van der Waals surface area contributed by atoms with Gasteiger partial charge in [0.1, 0.15) is 0 Å². The maximum atomic E-state index is 11.5. The van der Waals surface area contributed by atoms with Crippen LogP contribution in [0.15, 0.2) is 10.6 Å². The lowest BCUT2D eigenvalue weighted by atomic mass is 10.1. The van der Waals surface area contributed by atoms with Crippen LogP contribution in [0.1, 0.15) is 47.2 Å². The summed E-state index contributed by atoms with van der Waals surface area (Å²) in [5.74, 6) is -0.141. The molecule has 0 N–H and O–H groups in total. The van der Waals surface area contributed by atoms with Crippen LogP contribution in [0.3, 0.4) is 0 Å². The minimum atomic E-state index is -0.541.